The number of ketones is 1. The van der Waals surface area contributed by atoms with E-state index in [1.165, 1.54) is 10.6 Å². The molecule has 0 N–H and O–H groups in total. The number of Topliss-reactive ketones (excluding diaryl/α,β-unsaturated/α-hetero) is 1. The summed E-state index contributed by atoms with van der Waals surface area (Å²) < 4.78 is 1.53. The smallest absolute Gasteiger partial charge is 0.349 e. The number of hydrogen-bond donors (Lipinski definition) is 0. The molecule has 35 heavy (non-hydrogen) atoms. The number of amides is 1. The van der Waals surface area contributed by atoms with E-state index < -0.39 is 5.69 Å². The van der Waals surface area contributed by atoms with Gasteiger partial charge in [-0.2, -0.15) is 4.98 Å². The van der Waals surface area contributed by atoms with Crippen molar-refractivity contribution >= 4 is 35.2 Å². The minimum absolute atomic E-state index is 0.0137. The Kier molecular flexibility index (Phi) is 6.68. The van der Waals surface area contributed by atoms with Crippen LogP contribution in [-0.2, 0) is 16.0 Å². The normalized spacial score (nSPS) is 20.1. The highest BCUT2D eigenvalue weighted by Crippen LogP contribution is 2.34. The third-order valence-electron chi connectivity index (χ3n) is 6.72. The molecule has 0 saturated carbocycles. The molecule has 1 aliphatic heterocycles. The van der Waals surface area contributed by atoms with Crippen molar-refractivity contribution in [1.29, 1.82) is 0 Å². The molecule has 1 fully saturated rings. The number of allylic oxidation sites excluding steroid dienone is 1. The molecule has 2 aromatic rings. The van der Waals surface area contributed by atoms with E-state index >= 15 is 0 Å². The van der Waals surface area contributed by atoms with Crippen LogP contribution < -0.4 is 10.6 Å². The van der Waals surface area contributed by atoms with Crippen molar-refractivity contribution in [2.45, 2.75) is 59.0 Å². The number of rotatable bonds is 4. The number of hydrogen-bond acceptors (Lipinski definition) is 6. The zero-order valence-electron chi connectivity index (χ0n) is 20.7. The Hall–Kier alpha value is -3.26. The first-order chi connectivity index (χ1) is 16.5. The molecule has 0 radical (unpaired) electrons. The molecule has 1 saturated heterocycles. The number of halogens is 1. The molecule has 2 aromatic heterocycles. The molecule has 3 heterocycles. The number of nitrogens with zero attached hydrogens (tertiary/aromatic N) is 5. The molecule has 1 aliphatic carbocycles. The highest BCUT2D eigenvalue weighted by Gasteiger charge is 2.35. The average Bonchev–Trinajstić information content (AvgIpc) is 2.81. The van der Waals surface area contributed by atoms with E-state index in [1.807, 2.05) is 45.6 Å². The maximum Gasteiger partial charge on any atom is 0.354 e. The number of aryl methyl sites for hydroxylation is 1. The first-order valence-corrected chi connectivity index (χ1v) is 12.1. The highest BCUT2D eigenvalue weighted by atomic mass is 35.5. The van der Waals surface area contributed by atoms with Gasteiger partial charge in [-0.25, -0.2) is 4.79 Å². The van der Waals surface area contributed by atoms with Crippen molar-refractivity contribution in [3.63, 3.8) is 0 Å². The van der Waals surface area contributed by atoms with Gasteiger partial charge in [0.1, 0.15) is 5.82 Å². The summed E-state index contributed by atoms with van der Waals surface area (Å²) in [6, 6.07) is 1.62. The van der Waals surface area contributed by atoms with E-state index in [0.29, 0.717) is 35.9 Å². The lowest BCUT2D eigenvalue weighted by Crippen LogP contribution is -2.58. The molecule has 4 rings (SSSR count). The highest BCUT2D eigenvalue weighted by molar-refractivity contribution is 6.45. The Morgan fingerprint density at radius 3 is 2.60 bits per heavy atom. The fourth-order valence-electron chi connectivity index (χ4n) is 4.91. The number of fused-ring (bicyclic) bond motifs is 1. The van der Waals surface area contributed by atoms with Crippen molar-refractivity contribution in [2.75, 3.05) is 18.0 Å². The van der Waals surface area contributed by atoms with Crippen molar-refractivity contribution in [3.05, 3.63) is 62.9 Å². The van der Waals surface area contributed by atoms with E-state index in [0.717, 1.165) is 11.3 Å². The SMILES string of the molecule is C=CC(=O)N1CC(C)N(c2nc(=O)n(-c3c(C)ccnc3C(C)C)c3c2C=C(Cl)C(=O)C3)CC1C. The van der Waals surface area contributed by atoms with Crippen LogP contribution >= 0.6 is 11.6 Å². The predicted molar refractivity (Wildman–Crippen MR) is 137 cm³/mol. The van der Waals surface area contributed by atoms with Crippen LogP contribution in [0.2, 0.25) is 0 Å². The number of carbonyl (C=O) groups excluding carboxylic acids is 2. The van der Waals surface area contributed by atoms with Gasteiger partial charge in [0.25, 0.3) is 0 Å². The van der Waals surface area contributed by atoms with E-state index in [-0.39, 0.29) is 41.1 Å². The number of aromatic nitrogens is 3. The van der Waals surface area contributed by atoms with Gasteiger partial charge in [0.05, 0.1) is 22.8 Å². The summed E-state index contributed by atoms with van der Waals surface area (Å²) in [4.78, 5) is 51.5. The van der Waals surface area contributed by atoms with E-state index in [9.17, 15) is 14.4 Å². The fraction of sp³-hybridized carbons (Fsp3) is 0.423. The van der Waals surface area contributed by atoms with Gasteiger partial charge in [-0.05, 0) is 50.5 Å². The Morgan fingerprint density at radius 1 is 1.23 bits per heavy atom. The van der Waals surface area contributed by atoms with Crippen molar-refractivity contribution in [1.82, 2.24) is 19.4 Å². The molecular formula is C26H30ClN5O3. The van der Waals surface area contributed by atoms with Crippen LogP contribution in [0.4, 0.5) is 5.82 Å². The second kappa shape index (κ2) is 9.41. The summed E-state index contributed by atoms with van der Waals surface area (Å²) in [5, 5.41) is 0.110. The number of pyridine rings is 1. The molecule has 8 nitrogen and oxygen atoms in total. The van der Waals surface area contributed by atoms with E-state index in [1.54, 1.807) is 17.2 Å². The van der Waals surface area contributed by atoms with Gasteiger partial charge in [0, 0.05) is 42.6 Å². The number of anilines is 1. The molecule has 0 bridgehead atoms. The summed E-state index contributed by atoms with van der Waals surface area (Å²) in [5.41, 5.74) is 3.02. The summed E-state index contributed by atoms with van der Waals surface area (Å²) in [5.74, 6) is 0.155. The van der Waals surface area contributed by atoms with E-state index in [4.69, 9.17) is 11.6 Å². The molecule has 0 spiro atoms. The molecule has 184 valence electrons. The molecule has 2 aliphatic rings. The topological polar surface area (TPSA) is 88.4 Å². The van der Waals surface area contributed by atoms with Crippen molar-refractivity contribution in [3.8, 4) is 5.69 Å². The Morgan fingerprint density at radius 2 is 1.94 bits per heavy atom. The summed E-state index contributed by atoms with van der Waals surface area (Å²) in [6.45, 7) is 14.4. The average molecular weight is 496 g/mol. The molecule has 0 aromatic carbocycles. The van der Waals surface area contributed by atoms with Gasteiger partial charge in [0.15, 0.2) is 5.78 Å². The minimum Gasteiger partial charge on any atom is -0.349 e. The monoisotopic (exact) mass is 495 g/mol. The third kappa shape index (κ3) is 4.31. The standard InChI is InChI=1S/C26H30ClN5O3/c1-7-22(34)30-12-17(6)31(13-16(30)5)25-18-10-19(27)21(33)11-20(18)32(26(35)29-25)24-15(4)8-9-28-23(24)14(2)3/h7-10,14,16-17H,1,11-13H2,2-6H3. The summed E-state index contributed by atoms with van der Waals surface area (Å²) >= 11 is 6.31. The van der Waals surface area contributed by atoms with Gasteiger partial charge in [-0.15, -0.1) is 0 Å². The molecule has 1 amide bonds. The lowest BCUT2D eigenvalue weighted by atomic mass is 9.98. The van der Waals surface area contributed by atoms with Crippen LogP contribution in [0, 0.1) is 6.92 Å². The molecule has 2 atom stereocenters. The molecule has 9 heteroatoms. The van der Waals surface area contributed by atoms with Crippen LogP contribution in [-0.4, -0.2) is 56.3 Å². The lowest BCUT2D eigenvalue weighted by Gasteiger charge is -2.45. The largest absolute Gasteiger partial charge is 0.354 e. The lowest BCUT2D eigenvalue weighted by molar-refractivity contribution is -0.128. The van der Waals surface area contributed by atoms with Gasteiger partial charge in [-0.1, -0.05) is 32.0 Å². The summed E-state index contributed by atoms with van der Waals surface area (Å²) in [7, 11) is 0. The van der Waals surface area contributed by atoms with Gasteiger partial charge in [-0.3, -0.25) is 19.1 Å². The first-order valence-electron chi connectivity index (χ1n) is 11.8. The van der Waals surface area contributed by atoms with Crippen molar-refractivity contribution < 1.29 is 9.59 Å². The molecule has 2 unspecified atom stereocenters. The Balaban J connectivity index is 1.94. The number of piperazine rings is 1. The maximum absolute atomic E-state index is 13.6. The molecular weight excluding hydrogens is 466 g/mol. The van der Waals surface area contributed by atoms with Crippen LogP contribution in [0.3, 0.4) is 0 Å². The minimum atomic E-state index is -0.472. The predicted octanol–water partition coefficient (Wildman–Crippen LogP) is 3.38. The number of carbonyl (C=O) groups is 2. The van der Waals surface area contributed by atoms with Crippen LogP contribution in [0.25, 0.3) is 11.8 Å². The van der Waals surface area contributed by atoms with Gasteiger partial charge >= 0.3 is 5.69 Å². The van der Waals surface area contributed by atoms with Crippen molar-refractivity contribution in [2.24, 2.45) is 0 Å². The van der Waals surface area contributed by atoms with Crippen LogP contribution in [0.1, 0.15) is 56.1 Å². The first kappa shape index (κ1) is 24.9. The van der Waals surface area contributed by atoms with Gasteiger partial charge < -0.3 is 9.80 Å². The fourth-order valence-corrected chi connectivity index (χ4v) is 5.09. The second-order valence-electron chi connectivity index (χ2n) is 9.57. The quantitative estimate of drug-likeness (QED) is 0.604. The second-order valence-corrected chi connectivity index (χ2v) is 9.97. The third-order valence-corrected chi connectivity index (χ3v) is 7.04. The zero-order valence-corrected chi connectivity index (χ0v) is 21.5. The maximum atomic E-state index is 13.6. The summed E-state index contributed by atoms with van der Waals surface area (Å²) in [6.07, 6.45) is 4.64. The van der Waals surface area contributed by atoms with Crippen LogP contribution in [0.15, 0.2) is 34.7 Å². The van der Waals surface area contributed by atoms with Gasteiger partial charge in [0.2, 0.25) is 5.91 Å². The van der Waals surface area contributed by atoms with Crippen LogP contribution in [0.5, 0.6) is 0 Å². The Labute approximate surface area is 209 Å². The Bertz CT molecular complexity index is 1310. The zero-order chi connectivity index (χ0) is 25.6. The van der Waals surface area contributed by atoms with E-state index in [2.05, 4.69) is 16.5 Å².